The SMILES string of the molecule is Oc1cc(-n2ncc3cc(-c4cccc(Cl)c4)ccc32)ccc1F. The van der Waals surface area contributed by atoms with Crippen LogP contribution in [0.4, 0.5) is 4.39 Å². The number of benzene rings is 3. The predicted molar refractivity (Wildman–Crippen MR) is 93.1 cm³/mol. The molecule has 1 heterocycles. The van der Waals surface area contributed by atoms with Crippen molar-refractivity contribution in [3.63, 3.8) is 0 Å². The summed E-state index contributed by atoms with van der Waals surface area (Å²) in [6.07, 6.45) is 1.74. The molecule has 1 N–H and O–H groups in total. The molecule has 0 atom stereocenters. The summed E-state index contributed by atoms with van der Waals surface area (Å²) >= 11 is 6.05. The first-order valence-corrected chi connectivity index (χ1v) is 7.72. The van der Waals surface area contributed by atoms with Crippen LogP contribution >= 0.6 is 11.6 Å². The van der Waals surface area contributed by atoms with Gasteiger partial charge in [-0.25, -0.2) is 9.07 Å². The van der Waals surface area contributed by atoms with Crippen molar-refractivity contribution in [1.29, 1.82) is 0 Å². The highest BCUT2D eigenvalue weighted by Gasteiger charge is 2.09. The van der Waals surface area contributed by atoms with Gasteiger partial charge in [-0.1, -0.05) is 29.8 Å². The van der Waals surface area contributed by atoms with E-state index in [1.54, 1.807) is 16.9 Å². The highest BCUT2D eigenvalue weighted by Crippen LogP contribution is 2.28. The molecule has 1 aromatic heterocycles. The van der Waals surface area contributed by atoms with Crippen LogP contribution in [-0.4, -0.2) is 14.9 Å². The first kappa shape index (κ1) is 14.7. The van der Waals surface area contributed by atoms with Crippen molar-refractivity contribution in [2.24, 2.45) is 0 Å². The molecule has 0 amide bonds. The van der Waals surface area contributed by atoms with Gasteiger partial charge in [-0.2, -0.15) is 5.10 Å². The largest absolute Gasteiger partial charge is 0.505 e. The van der Waals surface area contributed by atoms with Gasteiger partial charge in [0.25, 0.3) is 0 Å². The molecule has 4 aromatic rings. The van der Waals surface area contributed by atoms with Crippen LogP contribution in [0.3, 0.4) is 0 Å². The van der Waals surface area contributed by atoms with E-state index in [2.05, 4.69) is 5.10 Å². The van der Waals surface area contributed by atoms with Crippen molar-refractivity contribution in [1.82, 2.24) is 9.78 Å². The van der Waals surface area contributed by atoms with E-state index in [1.807, 2.05) is 42.5 Å². The summed E-state index contributed by atoms with van der Waals surface area (Å²) in [7, 11) is 0. The smallest absolute Gasteiger partial charge is 0.164 e. The average molecular weight is 339 g/mol. The number of fused-ring (bicyclic) bond motifs is 1. The molecule has 24 heavy (non-hydrogen) atoms. The van der Waals surface area contributed by atoms with Crippen molar-refractivity contribution >= 4 is 22.5 Å². The standard InChI is InChI=1S/C19H12ClFN2O/c20-15-3-1-2-12(9-15)13-4-7-18-14(8-13)11-22-23(18)16-5-6-17(21)19(24)10-16/h1-11,24H. The Hall–Kier alpha value is -2.85. The topological polar surface area (TPSA) is 38.0 Å². The molecule has 118 valence electrons. The van der Waals surface area contributed by atoms with E-state index in [0.29, 0.717) is 10.7 Å². The summed E-state index contributed by atoms with van der Waals surface area (Å²) in [4.78, 5) is 0. The Morgan fingerprint density at radius 1 is 0.958 bits per heavy atom. The van der Waals surface area contributed by atoms with Crippen LogP contribution < -0.4 is 0 Å². The zero-order valence-electron chi connectivity index (χ0n) is 12.4. The number of hydrogen-bond donors (Lipinski definition) is 1. The van der Waals surface area contributed by atoms with Gasteiger partial charge in [0.1, 0.15) is 0 Å². The van der Waals surface area contributed by atoms with Gasteiger partial charge < -0.3 is 5.11 Å². The highest BCUT2D eigenvalue weighted by molar-refractivity contribution is 6.30. The molecule has 3 aromatic carbocycles. The third-order valence-corrected chi connectivity index (χ3v) is 4.14. The van der Waals surface area contributed by atoms with E-state index < -0.39 is 11.6 Å². The fourth-order valence-corrected chi connectivity index (χ4v) is 2.91. The predicted octanol–water partition coefficient (Wildman–Crippen LogP) is 5.19. The second-order valence-electron chi connectivity index (χ2n) is 5.48. The zero-order valence-corrected chi connectivity index (χ0v) is 13.2. The molecule has 0 saturated carbocycles. The summed E-state index contributed by atoms with van der Waals surface area (Å²) in [6.45, 7) is 0. The van der Waals surface area contributed by atoms with Crippen LogP contribution in [0.1, 0.15) is 0 Å². The molecule has 0 saturated heterocycles. The van der Waals surface area contributed by atoms with Crippen molar-refractivity contribution in [2.75, 3.05) is 0 Å². The van der Waals surface area contributed by atoms with Crippen molar-refractivity contribution in [3.8, 4) is 22.6 Å². The zero-order chi connectivity index (χ0) is 16.7. The molecule has 0 aliphatic carbocycles. The number of phenolic OH excluding ortho intramolecular Hbond substituents is 1. The van der Waals surface area contributed by atoms with Crippen LogP contribution in [0, 0.1) is 5.82 Å². The van der Waals surface area contributed by atoms with Crippen LogP contribution in [0.25, 0.3) is 27.7 Å². The Bertz CT molecular complexity index is 1060. The van der Waals surface area contributed by atoms with E-state index in [1.165, 1.54) is 12.1 Å². The third-order valence-electron chi connectivity index (χ3n) is 3.90. The van der Waals surface area contributed by atoms with Crippen LogP contribution in [-0.2, 0) is 0 Å². The fourth-order valence-electron chi connectivity index (χ4n) is 2.72. The number of phenols is 1. The van der Waals surface area contributed by atoms with Gasteiger partial charge in [0, 0.05) is 16.5 Å². The molecule has 0 aliphatic heterocycles. The Kier molecular flexibility index (Phi) is 3.47. The normalized spacial score (nSPS) is 11.1. The first-order valence-electron chi connectivity index (χ1n) is 7.34. The van der Waals surface area contributed by atoms with Gasteiger partial charge in [-0.15, -0.1) is 0 Å². The maximum absolute atomic E-state index is 13.2. The van der Waals surface area contributed by atoms with Gasteiger partial charge in [-0.3, -0.25) is 0 Å². The summed E-state index contributed by atoms with van der Waals surface area (Å²) in [5, 5.41) is 15.5. The Balaban J connectivity index is 1.82. The Labute approximate surface area is 142 Å². The van der Waals surface area contributed by atoms with E-state index in [-0.39, 0.29) is 0 Å². The highest BCUT2D eigenvalue weighted by atomic mass is 35.5. The van der Waals surface area contributed by atoms with Crippen LogP contribution in [0.15, 0.2) is 66.9 Å². The van der Waals surface area contributed by atoms with E-state index >= 15 is 0 Å². The van der Waals surface area contributed by atoms with Gasteiger partial charge in [0.2, 0.25) is 0 Å². The molecule has 0 radical (unpaired) electrons. The minimum absolute atomic E-state index is 0.397. The number of hydrogen-bond acceptors (Lipinski definition) is 2. The van der Waals surface area contributed by atoms with Crippen LogP contribution in [0.2, 0.25) is 5.02 Å². The number of aromatic nitrogens is 2. The van der Waals surface area contributed by atoms with Gasteiger partial charge in [0.15, 0.2) is 11.6 Å². The summed E-state index contributed by atoms with van der Waals surface area (Å²) in [5.41, 5.74) is 3.52. The second-order valence-corrected chi connectivity index (χ2v) is 5.91. The van der Waals surface area contributed by atoms with Gasteiger partial charge >= 0.3 is 0 Å². The van der Waals surface area contributed by atoms with Gasteiger partial charge in [0.05, 0.1) is 17.4 Å². The molecule has 0 bridgehead atoms. The van der Waals surface area contributed by atoms with E-state index in [4.69, 9.17) is 11.6 Å². The van der Waals surface area contributed by atoms with Crippen LogP contribution in [0.5, 0.6) is 5.75 Å². The number of nitrogens with zero attached hydrogens (tertiary/aromatic N) is 2. The Morgan fingerprint density at radius 3 is 2.58 bits per heavy atom. The Morgan fingerprint density at radius 2 is 1.79 bits per heavy atom. The monoisotopic (exact) mass is 338 g/mol. The lowest BCUT2D eigenvalue weighted by Crippen LogP contribution is -1.96. The van der Waals surface area contributed by atoms with Crippen molar-refractivity contribution in [2.45, 2.75) is 0 Å². The molecule has 4 rings (SSSR count). The maximum atomic E-state index is 13.2. The molecule has 5 heteroatoms. The fraction of sp³-hybridized carbons (Fsp3) is 0. The molecular formula is C19H12ClFN2O. The third kappa shape index (κ3) is 2.51. The number of rotatable bonds is 2. The molecule has 0 aliphatic rings. The molecule has 0 unspecified atom stereocenters. The molecule has 0 spiro atoms. The molecule has 3 nitrogen and oxygen atoms in total. The average Bonchev–Trinajstić information content (AvgIpc) is 3.00. The minimum Gasteiger partial charge on any atom is -0.505 e. The maximum Gasteiger partial charge on any atom is 0.164 e. The second kappa shape index (κ2) is 5.65. The quantitative estimate of drug-likeness (QED) is 0.546. The lowest BCUT2D eigenvalue weighted by molar-refractivity contribution is 0.432. The van der Waals surface area contributed by atoms with Gasteiger partial charge in [-0.05, 0) is 47.5 Å². The summed E-state index contributed by atoms with van der Waals surface area (Å²) in [6, 6.07) is 17.7. The van der Waals surface area contributed by atoms with Crippen molar-refractivity contribution in [3.05, 3.63) is 77.7 Å². The molecular weight excluding hydrogens is 327 g/mol. The summed E-state index contributed by atoms with van der Waals surface area (Å²) in [5.74, 6) is -1.05. The minimum atomic E-state index is -0.654. The molecule has 0 fully saturated rings. The lowest BCUT2D eigenvalue weighted by Gasteiger charge is -2.06. The summed E-state index contributed by atoms with van der Waals surface area (Å²) < 4.78 is 14.9. The van der Waals surface area contributed by atoms with Crippen molar-refractivity contribution < 1.29 is 9.50 Å². The number of halogens is 2. The first-order chi connectivity index (χ1) is 11.6. The lowest BCUT2D eigenvalue weighted by atomic mass is 10.0. The van der Waals surface area contributed by atoms with E-state index in [9.17, 15) is 9.50 Å². The number of aromatic hydroxyl groups is 1. The van der Waals surface area contributed by atoms with E-state index in [0.717, 1.165) is 22.0 Å².